The van der Waals surface area contributed by atoms with Gasteiger partial charge in [-0.05, 0) is 6.42 Å². The molecule has 2 rings (SSSR count). The molecule has 1 aromatic heterocycles. The Kier molecular flexibility index (Phi) is 5.89. The molecule has 1 amide bonds. The number of H-pyrrole nitrogens is 1. The third kappa shape index (κ3) is 4.53. The molecule has 0 bridgehead atoms. The van der Waals surface area contributed by atoms with Crippen LogP contribution in [0.3, 0.4) is 0 Å². The van der Waals surface area contributed by atoms with Gasteiger partial charge in [0.2, 0.25) is 0 Å². The van der Waals surface area contributed by atoms with Crippen LogP contribution in [0.5, 0.6) is 0 Å². The molecule has 1 fully saturated rings. The van der Waals surface area contributed by atoms with Gasteiger partial charge in [0.1, 0.15) is 11.8 Å². The molecule has 142 valence electrons. The Balaban J connectivity index is 2.17. The van der Waals surface area contributed by atoms with Crippen molar-refractivity contribution in [3.63, 3.8) is 0 Å². The summed E-state index contributed by atoms with van der Waals surface area (Å²) >= 11 is 0. The van der Waals surface area contributed by atoms with Gasteiger partial charge >= 0.3 is 17.8 Å². The van der Waals surface area contributed by atoms with Crippen molar-refractivity contribution in [2.75, 3.05) is 6.54 Å². The fourth-order valence-corrected chi connectivity index (χ4v) is 2.41. The lowest BCUT2D eigenvalue weighted by Crippen LogP contribution is -2.37. The summed E-state index contributed by atoms with van der Waals surface area (Å²) < 4.78 is 42.7. The van der Waals surface area contributed by atoms with Gasteiger partial charge in [0.05, 0.1) is 18.8 Å². The van der Waals surface area contributed by atoms with Gasteiger partial charge in [0.25, 0.3) is 5.56 Å². The minimum absolute atomic E-state index is 0.138. The number of alkyl halides is 3. The minimum Gasteiger partial charge on any atom is -0.390 e. The Morgan fingerprint density at radius 1 is 1.50 bits per heavy atom. The Bertz CT molecular complexity index is 849. The van der Waals surface area contributed by atoms with Crippen LogP contribution in [0.4, 0.5) is 13.2 Å². The highest BCUT2D eigenvalue weighted by Crippen LogP contribution is 2.29. The molecule has 1 saturated heterocycles. The molecule has 26 heavy (non-hydrogen) atoms. The quantitative estimate of drug-likeness (QED) is 0.624. The van der Waals surface area contributed by atoms with Crippen molar-refractivity contribution in [2.24, 2.45) is 0 Å². The van der Waals surface area contributed by atoms with E-state index in [1.807, 2.05) is 4.98 Å². The highest BCUT2D eigenvalue weighted by atomic mass is 19.4. The Morgan fingerprint density at radius 2 is 2.19 bits per heavy atom. The monoisotopic (exact) mass is 375 g/mol. The zero-order valence-electron chi connectivity index (χ0n) is 13.6. The first-order valence-corrected chi connectivity index (χ1v) is 7.66. The topological polar surface area (TPSA) is 113 Å². The van der Waals surface area contributed by atoms with Crippen LogP contribution < -0.4 is 16.6 Å². The van der Waals surface area contributed by atoms with E-state index in [0.717, 1.165) is 10.8 Å². The van der Waals surface area contributed by atoms with E-state index in [2.05, 4.69) is 11.8 Å². The molecule has 8 nitrogen and oxygen atoms in total. The van der Waals surface area contributed by atoms with Gasteiger partial charge in [-0.1, -0.05) is 18.8 Å². The number of aromatic nitrogens is 2. The number of ether oxygens (including phenoxy) is 1. The number of aromatic amines is 1. The van der Waals surface area contributed by atoms with Crippen molar-refractivity contribution in [3.05, 3.63) is 32.6 Å². The second kappa shape index (κ2) is 7.76. The van der Waals surface area contributed by atoms with Gasteiger partial charge in [-0.3, -0.25) is 19.1 Å². The summed E-state index contributed by atoms with van der Waals surface area (Å²) in [6, 6.07) is 0. The molecule has 3 N–H and O–H groups in total. The number of aliphatic hydroxyl groups is 1. The number of nitrogens with one attached hydrogen (secondary N) is 2. The van der Waals surface area contributed by atoms with E-state index in [0.29, 0.717) is 6.42 Å². The molecule has 0 radical (unpaired) electrons. The van der Waals surface area contributed by atoms with Gasteiger partial charge in [0, 0.05) is 12.6 Å². The lowest BCUT2D eigenvalue weighted by molar-refractivity contribution is -0.173. The van der Waals surface area contributed by atoms with Crippen LogP contribution >= 0.6 is 0 Å². The molecule has 0 saturated carbocycles. The standard InChI is InChI=1S/C15H16F3N3O5/c1-2-10-9(22)6-11(26-10)21-7-8(12(23)20-14(21)25)4-3-5-19-13(24)15(16,17)18/h7,9-11,22H,2,5-6H2,1H3,(H,19,24)(H,20,23,25)/t9-,10+,11+/m0/s1. The Morgan fingerprint density at radius 3 is 2.77 bits per heavy atom. The highest BCUT2D eigenvalue weighted by Gasteiger charge is 2.38. The number of carbonyl (C=O) groups excluding carboxylic acids is 1. The fourth-order valence-electron chi connectivity index (χ4n) is 2.41. The van der Waals surface area contributed by atoms with E-state index in [1.165, 1.54) is 5.32 Å². The summed E-state index contributed by atoms with van der Waals surface area (Å²) in [5, 5.41) is 11.4. The van der Waals surface area contributed by atoms with E-state index < -0.39 is 48.3 Å². The van der Waals surface area contributed by atoms with Gasteiger partial charge in [-0.15, -0.1) is 0 Å². The first-order chi connectivity index (χ1) is 12.1. The zero-order chi connectivity index (χ0) is 19.5. The van der Waals surface area contributed by atoms with E-state index in [-0.39, 0.29) is 12.0 Å². The largest absolute Gasteiger partial charge is 0.471 e. The minimum atomic E-state index is -5.02. The third-order valence-corrected chi connectivity index (χ3v) is 3.70. The number of hydrogen-bond acceptors (Lipinski definition) is 5. The van der Waals surface area contributed by atoms with Crippen LogP contribution in [0.2, 0.25) is 0 Å². The summed E-state index contributed by atoms with van der Waals surface area (Å²) in [6.07, 6.45) is -5.27. The van der Waals surface area contributed by atoms with E-state index in [4.69, 9.17) is 4.74 Å². The van der Waals surface area contributed by atoms with Crippen molar-refractivity contribution >= 4 is 5.91 Å². The molecular weight excluding hydrogens is 359 g/mol. The molecule has 1 aliphatic rings. The summed E-state index contributed by atoms with van der Waals surface area (Å²) in [5.41, 5.74) is -1.78. The summed E-state index contributed by atoms with van der Waals surface area (Å²) in [5.74, 6) is 2.35. The Labute approximate surface area is 145 Å². The van der Waals surface area contributed by atoms with Crippen molar-refractivity contribution in [2.45, 2.75) is 44.4 Å². The first-order valence-electron chi connectivity index (χ1n) is 7.66. The van der Waals surface area contributed by atoms with Crippen molar-refractivity contribution in [3.8, 4) is 11.8 Å². The second-order valence-electron chi connectivity index (χ2n) is 5.53. The second-order valence-corrected chi connectivity index (χ2v) is 5.53. The van der Waals surface area contributed by atoms with Crippen LogP contribution in [-0.2, 0) is 9.53 Å². The number of rotatable bonds is 3. The van der Waals surface area contributed by atoms with E-state index >= 15 is 0 Å². The molecule has 1 aliphatic heterocycles. The summed E-state index contributed by atoms with van der Waals surface area (Å²) in [6.45, 7) is 1.17. The molecule has 0 aliphatic carbocycles. The maximum atomic E-state index is 12.0. The third-order valence-electron chi connectivity index (χ3n) is 3.70. The number of carbonyl (C=O) groups is 1. The number of halogens is 3. The van der Waals surface area contributed by atoms with Gasteiger partial charge in [-0.2, -0.15) is 13.2 Å². The fraction of sp³-hybridized carbons (Fsp3) is 0.533. The predicted octanol–water partition coefficient (Wildman–Crippen LogP) is -0.375. The normalized spacial score (nSPS) is 22.6. The van der Waals surface area contributed by atoms with Crippen LogP contribution in [-0.4, -0.2) is 45.5 Å². The maximum Gasteiger partial charge on any atom is 0.471 e. The SMILES string of the molecule is CC[C@H]1O[C@@H](n2cc(C#CCNC(=O)C(F)(F)F)c(=O)[nH]c2=O)C[C@@H]1O. The molecular formula is C15H16F3N3O5. The molecule has 1 aromatic rings. The smallest absolute Gasteiger partial charge is 0.390 e. The van der Waals surface area contributed by atoms with Crippen LogP contribution in [0, 0.1) is 11.8 Å². The molecule has 0 unspecified atom stereocenters. The van der Waals surface area contributed by atoms with Gasteiger partial charge in [0.15, 0.2) is 0 Å². The number of nitrogens with zero attached hydrogens (tertiary/aromatic N) is 1. The molecule has 0 aromatic carbocycles. The molecule has 11 heteroatoms. The first kappa shape index (κ1) is 19.7. The summed E-state index contributed by atoms with van der Waals surface area (Å²) in [4.78, 5) is 36.4. The molecule has 3 atom stereocenters. The number of aliphatic hydroxyl groups excluding tert-OH is 1. The lowest BCUT2D eigenvalue weighted by atomic mass is 10.1. The maximum absolute atomic E-state index is 12.0. The summed E-state index contributed by atoms with van der Waals surface area (Å²) in [7, 11) is 0. The van der Waals surface area contributed by atoms with Crippen LogP contribution in [0.15, 0.2) is 15.8 Å². The van der Waals surface area contributed by atoms with E-state index in [9.17, 15) is 32.7 Å². The van der Waals surface area contributed by atoms with Gasteiger partial charge in [-0.25, -0.2) is 4.79 Å². The predicted molar refractivity (Wildman–Crippen MR) is 82.1 cm³/mol. The average Bonchev–Trinajstić information content (AvgIpc) is 2.92. The number of hydrogen-bond donors (Lipinski definition) is 3. The lowest BCUT2D eigenvalue weighted by Gasteiger charge is -2.14. The number of amides is 1. The Hall–Kier alpha value is -2.58. The van der Waals surface area contributed by atoms with Crippen LogP contribution in [0.1, 0.15) is 31.6 Å². The highest BCUT2D eigenvalue weighted by molar-refractivity contribution is 5.81. The van der Waals surface area contributed by atoms with Crippen molar-refractivity contribution in [1.29, 1.82) is 0 Å². The molecule has 2 heterocycles. The zero-order valence-corrected chi connectivity index (χ0v) is 13.6. The van der Waals surface area contributed by atoms with Crippen LogP contribution in [0.25, 0.3) is 0 Å². The molecule has 0 spiro atoms. The van der Waals surface area contributed by atoms with Crippen molar-refractivity contribution < 1.29 is 27.8 Å². The van der Waals surface area contributed by atoms with Gasteiger partial charge < -0.3 is 15.2 Å². The average molecular weight is 375 g/mol. The van der Waals surface area contributed by atoms with E-state index in [1.54, 1.807) is 6.92 Å². The van der Waals surface area contributed by atoms with Crippen molar-refractivity contribution in [1.82, 2.24) is 14.9 Å².